The number of benzene rings is 2. The largest absolute Gasteiger partial charge is 0.416 e. The van der Waals surface area contributed by atoms with Gasteiger partial charge in [-0.1, -0.05) is 49.6 Å². The molecule has 1 saturated heterocycles. The average Bonchev–Trinajstić information content (AvgIpc) is 2.88. The van der Waals surface area contributed by atoms with Crippen molar-refractivity contribution in [2.75, 3.05) is 32.7 Å². The highest BCUT2D eigenvalue weighted by Crippen LogP contribution is 2.36. The molecular formula is C28H35F6N3. The fraction of sp³-hybridized carbons (Fsp3) is 0.571. The molecule has 1 atom stereocenters. The lowest BCUT2D eigenvalue weighted by Crippen LogP contribution is -2.55. The Morgan fingerprint density at radius 3 is 1.92 bits per heavy atom. The van der Waals surface area contributed by atoms with Crippen LogP contribution in [0.2, 0.25) is 0 Å². The van der Waals surface area contributed by atoms with Gasteiger partial charge < -0.3 is 5.32 Å². The third kappa shape index (κ3) is 7.94. The molecule has 0 aromatic heterocycles. The first kappa shape index (κ1) is 27.9. The van der Waals surface area contributed by atoms with Crippen LogP contribution < -0.4 is 5.32 Å². The summed E-state index contributed by atoms with van der Waals surface area (Å²) in [5.41, 5.74) is -1.43. The van der Waals surface area contributed by atoms with Gasteiger partial charge in [0.25, 0.3) is 0 Å². The number of halogens is 6. The molecule has 0 spiro atoms. The summed E-state index contributed by atoms with van der Waals surface area (Å²) in [5.74, 6) is 0. The molecule has 2 aromatic carbocycles. The number of nitrogens with one attached hydrogen (secondary N) is 1. The molecule has 4 rings (SSSR count). The molecule has 2 aromatic rings. The highest BCUT2D eigenvalue weighted by atomic mass is 19.4. The van der Waals surface area contributed by atoms with Gasteiger partial charge in [-0.15, -0.1) is 0 Å². The number of hydrogen-bond acceptors (Lipinski definition) is 3. The van der Waals surface area contributed by atoms with Gasteiger partial charge in [-0.05, 0) is 48.6 Å². The summed E-state index contributed by atoms with van der Waals surface area (Å²) >= 11 is 0. The van der Waals surface area contributed by atoms with E-state index in [4.69, 9.17) is 0 Å². The fourth-order valence-electron chi connectivity index (χ4n) is 5.63. The number of rotatable bonds is 8. The lowest BCUT2D eigenvalue weighted by Gasteiger charge is -2.43. The van der Waals surface area contributed by atoms with E-state index in [1.165, 1.54) is 32.1 Å². The van der Waals surface area contributed by atoms with Crippen molar-refractivity contribution in [1.29, 1.82) is 0 Å². The van der Waals surface area contributed by atoms with Crippen molar-refractivity contribution >= 4 is 0 Å². The van der Waals surface area contributed by atoms with Gasteiger partial charge in [0.05, 0.1) is 11.1 Å². The van der Waals surface area contributed by atoms with E-state index in [0.717, 1.165) is 50.3 Å². The third-order valence-electron chi connectivity index (χ3n) is 7.63. The number of piperazine rings is 1. The molecule has 1 N–H and O–H groups in total. The number of alkyl halides is 6. The minimum Gasteiger partial charge on any atom is -0.311 e. The van der Waals surface area contributed by atoms with E-state index in [1.54, 1.807) is 0 Å². The first-order chi connectivity index (χ1) is 17.6. The van der Waals surface area contributed by atoms with E-state index in [1.807, 2.05) is 30.3 Å². The van der Waals surface area contributed by atoms with E-state index in [0.29, 0.717) is 12.6 Å². The molecule has 204 valence electrons. The standard InChI is InChI=1S/C28H35F6N3/c29-27(30,31)23-15-22(16-24(18-23)28(32,33)34)19-35-20-26(17-21-7-3-1-4-8-21)37-13-11-36(12-14-37)25-9-5-2-6-10-25/h1,3-4,7-8,15-16,18,25-26,35H,2,5-6,9-14,17,19-20H2. The van der Waals surface area contributed by atoms with Crippen LogP contribution in [0.3, 0.4) is 0 Å². The Morgan fingerprint density at radius 1 is 0.757 bits per heavy atom. The van der Waals surface area contributed by atoms with E-state index in [2.05, 4.69) is 15.1 Å². The molecule has 0 amide bonds. The second kappa shape index (κ2) is 12.2. The van der Waals surface area contributed by atoms with Crippen molar-refractivity contribution in [2.45, 2.75) is 69.5 Å². The topological polar surface area (TPSA) is 18.5 Å². The van der Waals surface area contributed by atoms with Crippen LogP contribution in [0.15, 0.2) is 48.5 Å². The van der Waals surface area contributed by atoms with E-state index < -0.39 is 23.5 Å². The average molecular weight is 528 g/mol. The van der Waals surface area contributed by atoms with Gasteiger partial charge in [-0.3, -0.25) is 9.80 Å². The second-order valence-electron chi connectivity index (χ2n) is 10.3. The van der Waals surface area contributed by atoms with Gasteiger partial charge in [0.1, 0.15) is 0 Å². The summed E-state index contributed by atoms with van der Waals surface area (Å²) in [6.45, 7) is 4.17. The predicted octanol–water partition coefficient (Wildman–Crippen LogP) is 6.38. The van der Waals surface area contributed by atoms with Gasteiger partial charge in [-0.2, -0.15) is 26.3 Å². The quantitative estimate of drug-likeness (QED) is 0.402. The zero-order valence-electron chi connectivity index (χ0n) is 20.9. The van der Waals surface area contributed by atoms with Crippen molar-refractivity contribution in [3.63, 3.8) is 0 Å². The summed E-state index contributed by atoms with van der Waals surface area (Å²) in [6.07, 6.45) is -2.52. The normalized spacial score (nSPS) is 19.7. The van der Waals surface area contributed by atoms with E-state index >= 15 is 0 Å². The molecule has 1 saturated carbocycles. The molecule has 37 heavy (non-hydrogen) atoms. The van der Waals surface area contributed by atoms with Gasteiger partial charge in [0.15, 0.2) is 0 Å². The zero-order chi connectivity index (χ0) is 26.5. The van der Waals surface area contributed by atoms with Crippen LogP contribution in [-0.2, 0) is 25.3 Å². The van der Waals surface area contributed by atoms with Crippen LogP contribution in [0.1, 0.15) is 54.4 Å². The summed E-state index contributed by atoms with van der Waals surface area (Å²) in [4.78, 5) is 5.00. The van der Waals surface area contributed by atoms with E-state index in [9.17, 15) is 26.3 Å². The van der Waals surface area contributed by atoms with Crippen LogP contribution in [0.5, 0.6) is 0 Å². The maximum absolute atomic E-state index is 13.2. The summed E-state index contributed by atoms with van der Waals surface area (Å²) in [7, 11) is 0. The van der Waals surface area contributed by atoms with Gasteiger partial charge in [-0.25, -0.2) is 0 Å². The minimum atomic E-state index is -4.84. The Morgan fingerprint density at radius 2 is 1.35 bits per heavy atom. The molecule has 1 unspecified atom stereocenters. The monoisotopic (exact) mass is 527 g/mol. The zero-order valence-corrected chi connectivity index (χ0v) is 20.9. The molecule has 2 aliphatic rings. The van der Waals surface area contributed by atoms with Crippen LogP contribution in [0, 0.1) is 0 Å². The van der Waals surface area contributed by atoms with Crippen LogP contribution in [0.25, 0.3) is 0 Å². The smallest absolute Gasteiger partial charge is 0.311 e. The third-order valence-corrected chi connectivity index (χ3v) is 7.63. The van der Waals surface area contributed by atoms with E-state index in [-0.39, 0.29) is 24.2 Å². The molecule has 3 nitrogen and oxygen atoms in total. The first-order valence-corrected chi connectivity index (χ1v) is 13.1. The fourth-order valence-corrected chi connectivity index (χ4v) is 5.63. The Hall–Kier alpha value is -2.10. The first-order valence-electron chi connectivity index (χ1n) is 13.1. The Kier molecular flexibility index (Phi) is 9.19. The highest BCUT2D eigenvalue weighted by Gasteiger charge is 2.37. The molecule has 2 fully saturated rings. The van der Waals surface area contributed by atoms with Crippen LogP contribution >= 0.6 is 0 Å². The van der Waals surface area contributed by atoms with Gasteiger partial charge in [0, 0.05) is 51.4 Å². The molecular weight excluding hydrogens is 492 g/mol. The predicted molar refractivity (Wildman–Crippen MR) is 132 cm³/mol. The van der Waals surface area contributed by atoms with Crippen molar-refractivity contribution in [3.05, 3.63) is 70.8 Å². The minimum absolute atomic E-state index is 0.0253. The van der Waals surface area contributed by atoms with Crippen molar-refractivity contribution in [2.24, 2.45) is 0 Å². The van der Waals surface area contributed by atoms with Crippen molar-refractivity contribution < 1.29 is 26.3 Å². The molecule has 0 radical (unpaired) electrons. The van der Waals surface area contributed by atoms with Crippen molar-refractivity contribution in [1.82, 2.24) is 15.1 Å². The second-order valence-corrected chi connectivity index (χ2v) is 10.3. The Labute approximate surface area is 214 Å². The molecule has 1 heterocycles. The molecule has 1 aliphatic carbocycles. The maximum Gasteiger partial charge on any atom is 0.416 e. The number of hydrogen-bond donors (Lipinski definition) is 1. The maximum atomic E-state index is 13.2. The van der Waals surface area contributed by atoms with Gasteiger partial charge in [0.2, 0.25) is 0 Å². The summed E-state index contributed by atoms with van der Waals surface area (Å²) in [6, 6.07) is 12.5. The lowest BCUT2D eigenvalue weighted by molar-refractivity contribution is -0.143. The van der Waals surface area contributed by atoms with Crippen molar-refractivity contribution in [3.8, 4) is 0 Å². The lowest BCUT2D eigenvalue weighted by atomic mass is 9.93. The van der Waals surface area contributed by atoms with Crippen LogP contribution in [0.4, 0.5) is 26.3 Å². The summed E-state index contributed by atoms with van der Waals surface area (Å²) in [5, 5.41) is 3.16. The van der Waals surface area contributed by atoms with Crippen LogP contribution in [-0.4, -0.2) is 54.6 Å². The molecule has 9 heteroatoms. The number of nitrogens with zero attached hydrogens (tertiary/aromatic N) is 2. The SMILES string of the molecule is FC(F)(F)c1cc(CNCC(Cc2ccccc2)N2CCN(C3CCCCC3)CC2)cc(C(F)(F)F)c1. The Balaban J connectivity index is 1.42. The highest BCUT2D eigenvalue weighted by molar-refractivity contribution is 5.33. The van der Waals surface area contributed by atoms with Gasteiger partial charge >= 0.3 is 12.4 Å². The summed E-state index contributed by atoms with van der Waals surface area (Å²) < 4.78 is 79.4. The Bertz CT molecular complexity index is 945. The molecule has 1 aliphatic heterocycles. The molecule has 0 bridgehead atoms.